The monoisotopic (exact) mass is 301 g/mol. The zero-order chi connectivity index (χ0) is 13.9. The first-order valence-electron chi connectivity index (χ1n) is 6.43. The van der Waals surface area contributed by atoms with E-state index in [0.29, 0.717) is 6.04 Å². The van der Waals surface area contributed by atoms with Crippen molar-refractivity contribution in [3.63, 3.8) is 0 Å². The van der Waals surface area contributed by atoms with Crippen LogP contribution in [0.1, 0.15) is 5.56 Å². The van der Waals surface area contributed by atoms with Crippen LogP contribution in [0.4, 0.5) is 0 Å². The zero-order valence-electron chi connectivity index (χ0n) is 11.1. The van der Waals surface area contributed by atoms with Crippen LogP contribution in [0.15, 0.2) is 48.5 Å². The second-order valence-electron chi connectivity index (χ2n) is 4.59. The molecule has 1 heterocycles. The molecule has 0 fully saturated rings. The number of hydrogen-bond donors (Lipinski definition) is 1. The lowest BCUT2D eigenvalue weighted by atomic mass is 10.2. The smallest absolute Gasteiger partial charge is 0.240 e. The van der Waals surface area contributed by atoms with E-state index in [2.05, 4.69) is 4.98 Å². The van der Waals surface area contributed by atoms with Gasteiger partial charge in [0.2, 0.25) is 9.04 Å². The fourth-order valence-electron chi connectivity index (χ4n) is 2.14. The predicted octanol–water partition coefficient (Wildman–Crippen LogP) is 2.01. The Bertz CT molecular complexity index is 695. The topological polar surface area (TPSA) is 42.4 Å². The average Bonchev–Trinajstić information content (AvgIpc) is 2.91. The summed E-state index contributed by atoms with van der Waals surface area (Å²) in [5, 5.41) is 0. The van der Waals surface area contributed by atoms with Crippen molar-refractivity contribution < 1.29 is 9.53 Å². The van der Waals surface area contributed by atoms with Gasteiger partial charge in [0, 0.05) is 0 Å². The fraction of sp³-hybridized carbons (Fsp3) is 0.133. The van der Waals surface area contributed by atoms with E-state index >= 15 is 0 Å². The van der Waals surface area contributed by atoms with Crippen LogP contribution in [0.5, 0.6) is 5.75 Å². The number of fused-ring (bicyclic) bond motifs is 1. The van der Waals surface area contributed by atoms with Crippen LogP contribution < -0.4 is 9.37 Å². The molecule has 3 rings (SSSR count). The molecule has 2 aromatic carbocycles. The first-order valence-corrected chi connectivity index (χ1v) is 9.15. The molecule has 0 radical (unpaired) electrons. The lowest BCUT2D eigenvalue weighted by Gasteiger charge is -2.07. The van der Waals surface area contributed by atoms with Crippen LogP contribution in [0.25, 0.3) is 10.2 Å². The van der Waals surface area contributed by atoms with Gasteiger partial charge in [-0.2, -0.15) is 0 Å². The number of hydrogen-bond acceptors (Lipinski definition) is 4. The van der Waals surface area contributed by atoms with E-state index in [9.17, 15) is 4.80 Å². The normalized spacial score (nSPS) is 12.5. The summed E-state index contributed by atoms with van der Waals surface area (Å²) in [6.45, 7) is 0. The highest BCUT2D eigenvalue weighted by atomic mass is 32.1. The lowest BCUT2D eigenvalue weighted by Crippen LogP contribution is -2.32. The Kier molecular flexibility index (Phi) is 3.82. The number of nitrogens with zero attached hydrogens (tertiary/aromatic N) is 1. The molecule has 3 aromatic rings. The molecule has 0 unspecified atom stereocenters. The molecule has 5 heteroatoms. The summed E-state index contributed by atoms with van der Waals surface area (Å²) in [5.41, 5.74) is 2.08. The first-order chi connectivity index (χ1) is 9.76. The van der Waals surface area contributed by atoms with Gasteiger partial charge in [0.25, 0.3) is 0 Å². The number of rotatable bonds is 4. The van der Waals surface area contributed by atoms with Crippen molar-refractivity contribution >= 4 is 35.2 Å². The second kappa shape index (κ2) is 5.74. The minimum Gasteiger partial charge on any atom is -0.497 e. The van der Waals surface area contributed by atoms with Crippen LogP contribution in [-0.4, -0.2) is 25.9 Å². The van der Waals surface area contributed by atoms with E-state index in [-0.39, 0.29) is 0 Å². The zero-order valence-corrected chi connectivity index (χ0v) is 13.1. The van der Waals surface area contributed by atoms with Crippen molar-refractivity contribution in [2.45, 2.75) is 6.04 Å². The highest BCUT2D eigenvalue weighted by Gasteiger charge is 2.16. The van der Waals surface area contributed by atoms with Crippen LogP contribution in [0.2, 0.25) is 0 Å². The Labute approximate surface area is 123 Å². The third kappa shape index (κ3) is 2.75. The van der Waals surface area contributed by atoms with Gasteiger partial charge in [-0.15, -0.1) is 11.3 Å². The number of ether oxygens (including phenoxy) is 1. The van der Waals surface area contributed by atoms with Crippen molar-refractivity contribution in [3.8, 4) is 5.75 Å². The van der Waals surface area contributed by atoms with E-state index in [1.54, 1.807) is 18.4 Å². The van der Waals surface area contributed by atoms with Crippen molar-refractivity contribution in [2.75, 3.05) is 7.11 Å². The maximum absolute atomic E-state index is 10.5. The Morgan fingerprint density at radius 3 is 2.85 bits per heavy atom. The largest absolute Gasteiger partial charge is 0.497 e. The molecular weight excluding hydrogens is 286 g/mol. The number of thiazole rings is 1. The van der Waals surface area contributed by atoms with E-state index < -0.39 is 9.04 Å². The Morgan fingerprint density at radius 1 is 1.20 bits per heavy atom. The van der Waals surface area contributed by atoms with Crippen LogP contribution >= 0.6 is 11.3 Å². The third-order valence-corrected chi connectivity index (χ3v) is 6.75. The SMILES string of the molecule is COc1cccc(C[Si@H](O)c2nc3ccccc3s2)c1. The van der Waals surface area contributed by atoms with Gasteiger partial charge in [0.15, 0.2) is 0 Å². The summed E-state index contributed by atoms with van der Waals surface area (Å²) in [7, 11) is -0.389. The Morgan fingerprint density at radius 2 is 2.05 bits per heavy atom. The van der Waals surface area contributed by atoms with Gasteiger partial charge >= 0.3 is 0 Å². The average molecular weight is 301 g/mol. The van der Waals surface area contributed by atoms with E-state index in [1.165, 1.54) is 0 Å². The quantitative estimate of drug-likeness (QED) is 0.750. The van der Waals surface area contributed by atoms with Gasteiger partial charge in [-0.1, -0.05) is 24.3 Å². The molecule has 3 nitrogen and oxygen atoms in total. The highest BCUT2D eigenvalue weighted by Crippen LogP contribution is 2.17. The summed E-state index contributed by atoms with van der Waals surface area (Å²) in [5.74, 6) is 0.827. The van der Waals surface area contributed by atoms with Crippen molar-refractivity contribution in [1.82, 2.24) is 4.98 Å². The van der Waals surface area contributed by atoms with Crippen LogP contribution in [0, 0.1) is 0 Å². The molecular formula is C15H15NO2SSi. The van der Waals surface area contributed by atoms with Crippen molar-refractivity contribution in [2.24, 2.45) is 0 Å². The molecule has 1 atom stereocenters. The van der Waals surface area contributed by atoms with Gasteiger partial charge in [-0.05, 0) is 35.9 Å². The molecule has 0 amide bonds. The van der Waals surface area contributed by atoms with Crippen molar-refractivity contribution in [3.05, 3.63) is 54.1 Å². The highest BCUT2D eigenvalue weighted by molar-refractivity contribution is 7.27. The van der Waals surface area contributed by atoms with E-state index in [4.69, 9.17) is 4.74 Å². The Hall–Kier alpha value is -1.69. The van der Waals surface area contributed by atoms with Crippen molar-refractivity contribution in [1.29, 1.82) is 0 Å². The lowest BCUT2D eigenvalue weighted by molar-refractivity contribution is 0.414. The molecule has 20 heavy (non-hydrogen) atoms. The molecule has 0 saturated heterocycles. The molecule has 1 aromatic heterocycles. The minimum atomic E-state index is -2.04. The number of para-hydroxylation sites is 1. The Balaban J connectivity index is 1.82. The van der Waals surface area contributed by atoms with Gasteiger partial charge in [-0.25, -0.2) is 4.98 Å². The summed E-state index contributed by atoms with van der Waals surface area (Å²) in [4.78, 5) is 15.0. The first kappa shape index (κ1) is 13.3. The van der Waals surface area contributed by atoms with Gasteiger partial charge < -0.3 is 9.53 Å². The summed E-state index contributed by atoms with van der Waals surface area (Å²) in [6.07, 6.45) is 0. The number of aromatic nitrogens is 1. The summed E-state index contributed by atoms with van der Waals surface area (Å²) in [6, 6.07) is 16.5. The number of benzene rings is 2. The standard InChI is InChI=1S/C15H15NO2SSi/c1-18-12-6-4-5-11(9-12)10-20(17)15-16-13-7-2-3-8-14(13)19-15/h2-9,17,20H,10H2,1H3/t20-/m0/s1. The maximum Gasteiger partial charge on any atom is 0.240 e. The molecule has 0 aliphatic rings. The molecule has 1 N–H and O–H groups in total. The molecule has 0 saturated carbocycles. The van der Waals surface area contributed by atoms with E-state index in [0.717, 1.165) is 26.2 Å². The number of methoxy groups -OCH3 is 1. The maximum atomic E-state index is 10.5. The van der Waals surface area contributed by atoms with E-state index in [1.807, 2.05) is 48.5 Å². The van der Waals surface area contributed by atoms with Crippen LogP contribution in [0.3, 0.4) is 0 Å². The fourth-order valence-corrected chi connectivity index (χ4v) is 5.21. The molecule has 0 bridgehead atoms. The summed E-state index contributed by atoms with van der Waals surface area (Å²) < 4.78 is 7.25. The van der Waals surface area contributed by atoms with Crippen LogP contribution in [-0.2, 0) is 6.04 Å². The van der Waals surface area contributed by atoms with Gasteiger partial charge in [0.1, 0.15) is 10.4 Å². The third-order valence-electron chi connectivity index (χ3n) is 3.16. The molecule has 0 spiro atoms. The summed E-state index contributed by atoms with van der Waals surface area (Å²) >= 11 is 1.60. The van der Waals surface area contributed by atoms with Gasteiger partial charge in [-0.3, -0.25) is 0 Å². The minimum absolute atomic E-state index is 0.678. The predicted molar refractivity (Wildman–Crippen MR) is 85.3 cm³/mol. The molecule has 0 aliphatic heterocycles. The van der Waals surface area contributed by atoms with Gasteiger partial charge in [0.05, 0.1) is 17.3 Å². The second-order valence-corrected chi connectivity index (χ2v) is 8.06. The molecule has 102 valence electrons. The molecule has 0 aliphatic carbocycles.